The molecule has 0 bridgehead atoms. The van der Waals surface area contributed by atoms with Crippen LogP contribution in [0.25, 0.3) is 0 Å². The van der Waals surface area contributed by atoms with Gasteiger partial charge in [0.1, 0.15) is 0 Å². The average molecular weight is 268 g/mol. The van der Waals surface area contributed by atoms with Crippen LogP contribution in [0.5, 0.6) is 0 Å². The van der Waals surface area contributed by atoms with Gasteiger partial charge in [0.15, 0.2) is 0 Å². The Bertz CT molecular complexity index is 573. The first-order valence-corrected chi connectivity index (χ1v) is 6.71. The SMILES string of the molecule is CC(=O)NCc1ccc(C(N)c2ccc(C)cc2)cc1. The maximum Gasteiger partial charge on any atom is 0.217 e. The van der Waals surface area contributed by atoms with Crippen LogP contribution < -0.4 is 11.1 Å². The number of nitrogens with two attached hydrogens (primary N) is 1. The lowest BCUT2D eigenvalue weighted by Crippen LogP contribution is -2.19. The van der Waals surface area contributed by atoms with Crippen molar-refractivity contribution in [3.05, 3.63) is 70.8 Å². The predicted octanol–water partition coefficient (Wildman–Crippen LogP) is 2.68. The van der Waals surface area contributed by atoms with Gasteiger partial charge in [0.25, 0.3) is 0 Å². The van der Waals surface area contributed by atoms with Crippen molar-refractivity contribution >= 4 is 5.91 Å². The number of nitrogens with one attached hydrogen (secondary N) is 1. The summed E-state index contributed by atoms with van der Waals surface area (Å²) in [6, 6.07) is 16.2. The van der Waals surface area contributed by atoms with E-state index in [1.807, 2.05) is 24.3 Å². The molecule has 0 aliphatic rings. The van der Waals surface area contributed by atoms with Gasteiger partial charge < -0.3 is 11.1 Å². The van der Waals surface area contributed by atoms with Gasteiger partial charge in [-0.2, -0.15) is 0 Å². The Morgan fingerprint density at radius 3 is 2.05 bits per heavy atom. The standard InChI is InChI=1S/C17H20N2O/c1-12-3-7-15(8-4-12)17(18)16-9-5-14(6-10-16)11-19-13(2)20/h3-10,17H,11,18H2,1-2H3,(H,19,20). The van der Waals surface area contributed by atoms with E-state index in [0.29, 0.717) is 6.54 Å². The lowest BCUT2D eigenvalue weighted by molar-refractivity contribution is -0.119. The average Bonchev–Trinajstić information content (AvgIpc) is 2.46. The predicted molar refractivity (Wildman–Crippen MR) is 81.2 cm³/mol. The van der Waals surface area contributed by atoms with Crippen molar-refractivity contribution in [3.8, 4) is 0 Å². The molecular weight excluding hydrogens is 248 g/mol. The molecule has 1 atom stereocenters. The van der Waals surface area contributed by atoms with Gasteiger partial charge in [0, 0.05) is 13.5 Å². The number of benzene rings is 2. The van der Waals surface area contributed by atoms with Crippen molar-refractivity contribution in [2.75, 3.05) is 0 Å². The molecule has 0 aliphatic heterocycles. The Labute approximate surface area is 119 Å². The molecule has 3 nitrogen and oxygen atoms in total. The van der Waals surface area contributed by atoms with E-state index >= 15 is 0 Å². The van der Waals surface area contributed by atoms with Crippen molar-refractivity contribution in [1.29, 1.82) is 0 Å². The van der Waals surface area contributed by atoms with E-state index in [4.69, 9.17) is 5.73 Å². The van der Waals surface area contributed by atoms with Crippen molar-refractivity contribution < 1.29 is 4.79 Å². The summed E-state index contributed by atoms with van der Waals surface area (Å²) in [6.07, 6.45) is 0. The van der Waals surface area contributed by atoms with Crippen LogP contribution in [0.3, 0.4) is 0 Å². The summed E-state index contributed by atoms with van der Waals surface area (Å²) in [6.45, 7) is 4.13. The molecule has 104 valence electrons. The summed E-state index contributed by atoms with van der Waals surface area (Å²) in [5.41, 5.74) is 10.7. The molecule has 2 rings (SSSR count). The Morgan fingerprint density at radius 1 is 1.05 bits per heavy atom. The van der Waals surface area contributed by atoms with Crippen LogP contribution >= 0.6 is 0 Å². The molecule has 0 fully saturated rings. The fourth-order valence-electron chi connectivity index (χ4n) is 2.04. The molecule has 0 aliphatic carbocycles. The highest BCUT2D eigenvalue weighted by Gasteiger charge is 2.08. The lowest BCUT2D eigenvalue weighted by Gasteiger charge is -2.13. The highest BCUT2D eigenvalue weighted by atomic mass is 16.1. The second-order valence-corrected chi connectivity index (χ2v) is 5.04. The fraction of sp³-hybridized carbons (Fsp3) is 0.235. The molecule has 2 aromatic rings. The van der Waals surface area contributed by atoms with E-state index in [1.165, 1.54) is 12.5 Å². The van der Waals surface area contributed by atoms with Crippen molar-refractivity contribution in [2.24, 2.45) is 5.73 Å². The van der Waals surface area contributed by atoms with E-state index in [9.17, 15) is 4.79 Å². The minimum absolute atomic E-state index is 0.0227. The zero-order valence-electron chi connectivity index (χ0n) is 11.9. The van der Waals surface area contributed by atoms with Gasteiger partial charge in [0.2, 0.25) is 5.91 Å². The zero-order valence-corrected chi connectivity index (χ0v) is 11.9. The molecule has 1 amide bonds. The number of carbonyl (C=O) groups is 1. The van der Waals surface area contributed by atoms with Gasteiger partial charge in [-0.05, 0) is 23.6 Å². The minimum atomic E-state index is -0.120. The number of amides is 1. The third-order valence-corrected chi connectivity index (χ3v) is 3.32. The topological polar surface area (TPSA) is 55.1 Å². The molecule has 0 radical (unpaired) electrons. The van der Waals surface area contributed by atoms with Crippen molar-refractivity contribution in [1.82, 2.24) is 5.32 Å². The summed E-state index contributed by atoms with van der Waals surface area (Å²) in [4.78, 5) is 10.9. The lowest BCUT2D eigenvalue weighted by atomic mass is 9.98. The Kier molecular flexibility index (Phi) is 4.53. The number of rotatable bonds is 4. The Morgan fingerprint density at radius 2 is 1.55 bits per heavy atom. The largest absolute Gasteiger partial charge is 0.352 e. The second kappa shape index (κ2) is 6.35. The van der Waals surface area contributed by atoms with Crippen LogP contribution in [-0.2, 0) is 11.3 Å². The van der Waals surface area contributed by atoms with Crippen LogP contribution in [-0.4, -0.2) is 5.91 Å². The van der Waals surface area contributed by atoms with Gasteiger partial charge in [-0.15, -0.1) is 0 Å². The molecule has 3 N–H and O–H groups in total. The van der Waals surface area contributed by atoms with Crippen molar-refractivity contribution in [3.63, 3.8) is 0 Å². The van der Waals surface area contributed by atoms with Gasteiger partial charge >= 0.3 is 0 Å². The van der Waals surface area contributed by atoms with Crippen molar-refractivity contribution in [2.45, 2.75) is 26.4 Å². The molecule has 1 unspecified atom stereocenters. The van der Waals surface area contributed by atoms with Crippen LogP contribution in [0.2, 0.25) is 0 Å². The summed E-state index contributed by atoms with van der Waals surface area (Å²) < 4.78 is 0. The maximum atomic E-state index is 10.9. The molecule has 0 spiro atoms. The number of carbonyl (C=O) groups excluding carboxylic acids is 1. The first kappa shape index (κ1) is 14.3. The quantitative estimate of drug-likeness (QED) is 0.895. The van der Waals surface area contributed by atoms with Crippen LogP contribution in [0.4, 0.5) is 0 Å². The van der Waals surface area contributed by atoms with E-state index in [2.05, 4.69) is 36.5 Å². The molecule has 2 aromatic carbocycles. The highest BCUT2D eigenvalue weighted by molar-refractivity contribution is 5.72. The number of aryl methyl sites for hydroxylation is 1. The zero-order chi connectivity index (χ0) is 14.5. The Hall–Kier alpha value is -2.13. The summed E-state index contributed by atoms with van der Waals surface area (Å²) >= 11 is 0. The molecule has 0 saturated carbocycles. The van der Waals surface area contributed by atoms with E-state index in [-0.39, 0.29) is 11.9 Å². The van der Waals surface area contributed by atoms with Gasteiger partial charge in [-0.3, -0.25) is 4.79 Å². The molecule has 20 heavy (non-hydrogen) atoms. The monoisotopic (exact) mass is 268 g/mol. The highest BCUT2D eigenvalue weighted by Crippen LogP contribution is 2.20. The van der Waals surface area contributed by atoms with Crippen LogP contribution in [0.15, 0.2) is 48.5 Å². The first-order chi connectivity index (χ1) is 9.56. The molecule has 0 saturated heterocycles. The van der Waals surface area contributed by atoms with Crippen LogP contribution in [0.1, 0.15) is 35.2 Å². The molecular formula is C17H20N2O. The van der Waals surface area contributed by atoms with Crippen LogP contribution in [0, 0.1) is 6.92 Å². The fourth-order valence-corrected chi connectivity index (χ4v) is 2.04. The Balaban J connectivity index is 2.09. The minimum Gasteiger partial charge on any atom is -0.352 e. The van der Waals surface area contributed by atoms with E-state index < -0.39 is 0 Å². The second-order valence-electron chi connectivity index (χ2n) is 5.04. The maximum absolute atomic E-state index is 10.9. The number of hydrogen-bond acceptors (Lipinski definition) is 2. The summed E-state index contributed by atoms with van der Waals surface area (Å²) in [5.74, 6) is -0.0227. The third kappa shape index (κ3) is 3.68. The van der Waals surface area contributed by atoms with Gasteiger partial charge in [-0.25, -0.2) is 0 Å². The normalized spacial score (nSPS) is 11.9. The molecule has 0 heterocycles. The van der Waals surface area contributed by atoms with Gasteiger partial charge in [-0.1, -0.05) is 54.1 Å². The third-order valence-electron chi connectivity index (χ3n) is 3.32. The molecule has 3 heteroatoms. The van der Waals surface area contributed by atoms with E-state index in [1.54, 1.807) is 0 Å². The first-order valence-electron chi connectivity index (χ1n) is 6.71. The van der Waals surface area contributed by atoms with E-state index in [0.717, 1.165) is 16.7 Å². The van der Waals surface area contributed by atoms with Gasteiger partial charge in [0.05, 0.1) is 6.04 Å². The summed E-state index contributed by atoms with van der Waals surface area (Å²) in [5, 5.41) is 2.78. The number of hydrogen-bond donors (Lipinski definition) is 2. The smallest absolute Gasteiger partial charge is 0.217 e. The molecule has 0 aromatic heterocycles. The summed E-state index contributed by atoms with van der Waals surface area (Å²) in [7, 11) is 0.